The van der Waals surface area contributed by atoms with Gasteiger partial charge in [-0.15, -0.1) is 0 Å². The van der Waals surface area contributed by atoms with Crippen molar-refractivity contribution in [2.45, 2.75) is 25.5 Å². The van der Waals surface area contributed by atoms with Crippen molar-refractivity contribution in [3.63, 3.8) is 0 Å². The van der Waals surface area contributed by atoms with E-state index in [2.05, 4.69) is 20.3 Å². The summed E-state index contributed by atoms with van der Waals surface area (Å²) in [5.41, 5.74) is -0.105. The van der Waals surface area contributed by atoms with Crippen LogP contribution in [0.1, 0.15) is 26.3 Å². The summed E-state index contributed by atoms with van der Waals surface area (Å²) in [7, 11) is -1.62. The van der Waals surface area contributed by atoms with E-state index in [-0.39, 0.29) is 15.7 Å². The molecule has 100 valence electrons. The van der Waals surface area contributed by atoms with Gasteiger partial charge in [0.25, 0.3) is 0 Å². The van der Waals surface area contributed by atoms with Gasteiger partial charge >= 0.3 is 0 Å². The molecule has 0 saturated carbocycles. The van der Waals surface area contributed by atoms with Crippen molar-refractivity contribution in [1.29, 1.82) is 0 Å². The molecule has 0 aliphatic rings. The lowest BCUT2D eigenvalue weighted by Crippen LogP contribution is -2.22. The van der Waals surface area contributed by atoms with Gasteiger partial charge in [0.05, 0.1) is 14.9 Å². The van der Waals surface area contributed by atoms with E-state index in [9.17, 15) is 13.0 Å². The molecular formula is C12H14BrF2NOS. The first-order chi connectivity index (χ1) is 8.27. The van der Waals surface area contributed by atoms with Crippen LogP contribution in [0, 0.1) is 5.82 Å². The van der Waals surface area contributed by atoms with E-state index in [1.165, 1.54) is 12.1 Å². The highest BCUT2D eigenvalue weighted by Crippen LogP contribution is 2.21. The van der Waals surface area contributed by atoms with Crippen LogP contribution in [0.3, 0.4) is 0 Å². The Bertz CT molecular complexity index is 497. The molecule has 0 aliphatic carbocycles. The first-order valence-electron chi connectivity index (χ1n) is 5.27. The summed E-state index contributed by atoms with van der Waals surface area (Å²) in [6.45, 7) is 4.20. The maximum Gasteiger partial charge on any atom is 0.146 e. The zero-order chi connectivity index (χ0) is 13.9. The topological polar surface area (TPSA) is 29.4 Å². The van der Waals surface area contributed by atoms with Crippen molar-refractivity contribution in [1.82, 2.24) is 0 Å². The molecule has 0 spiro atoms. The molecule has 0 aromatic heterocycles. The van der Waals surface area contributed by atoms with E-state index in [1.807, 2.05) is 0 Å². The molecule has 0 radical (unpaired) electrons. The molecule has 6 heteroatoms. The van der Waals surface area contributed by atoms with Gasteiger partial charge < -0.3 is 0 Å². The monoisotopic (exact) mass is 337 g/mol. The minimum Gasteiger partial charge on any atom is -0.244 e. The molecule has 1 aromatic carbocycles. The minimum absolute atomic E-state index is 0.0319. The van der Waals surface area contributed by atoms with E-state index >= 15 is 0 Å². The van der Waals surface area contributed by atoms with E-state index in [4.69, 9.17) is 0 Å². The molecule has 0 fully saturated rings. The Hall–Kier alpha value is -0.620. The Labute approximate surface area is 116 Å². The molecule has 0 bridgehead atoms. The molecule has 2 nitrogen and oxygen atoms in total. The Kier molecular flexibility index (Phi) is 5.16. The third kappa shape index (κ3) is 3.68. The van der Waals surface area contributed by atoms with Gasteiger partial charge in [-0.25, -0.2) is 13.0 Å². The third-order valence-corrected chi connectivity index (χ3v) is 4.15. The van der Waals surface area contributed by atoms with Crippen molar-refractivity contribution in [2.75, 3.05) is 6.67 Å². The largest absolute Gasteiger partial charge is 0.244 e. The number of benzene rings is 1. The highest BCUT2D eigenvalue weighted by atomic mass is 79.9. The second-order valence-corrected chi connectivity index (χ2v) is 7.39. The Morgan fingerprint density at radius 3 is 2.56 bits per heavy atom. The fourth-order valence-corrected chi connectivity index (χ4v) is 2.10. The summed E-state index contributed by atoms with van der Waals surface area (Å²) in [6.07, 6.45) is 0. The molecular weight excluding hydrogens is 324 g/mol. The van der Waals surface area contributed by atoms with E-state index in [1.54, 1.807) is 26.8 Å². The minimum atomic E-state index is -1.62. The number of halogens is 3. The molecule has 0 N–H and O–H groups in total. The SMILES string of the molecule is CC(C)(C)S(=O)N=C(CF)c1cccc(Br)c1F. The van der Waals surface area contributed by atoms with Crippen molar-refractivity contribution in [2.24, 2.45) is 4.40 Å². The predicted octanol–water partition coefficient (Wildman–Crippen LogP) is 3.81. The molecule has 1 rings (SSSR count). The summed E-state index contributed by atoms with van der Waals surface area (Å²) in [6, 6.07) is 4.50. The molecule has 1 unspecified atom stereocenters. The van der Waals surface area contributed by atoms with Crippen molar-refractivity contribution >= 4 is 32.6 Å². The second kappa shape index (κ2) is 6.02. The van der Waals surface area contributed by atoms with Crippen LogP contribution in [-0.4, -0.2) is 21.3 Å². The Morgan fingerprint density at radius 2 is 2.06 bits per heavy atom. The van der Waals surface area contributed by atoms with Crippen LogP contribution >= 0.6 is 15.9 Å². The fraction of sp³-hybridized carbons (Fsp3) is 0.417. The Balaban J connectivity index is 3.23. The molecule has 1 aromatic rings. The standard InChI is InChI=1S/C12H14BrF2NOS/c1-12(2,3)18(17)16-10(7-14)8-5-4-6-9(13)11(8)15/h4-6H,7H2,1-3H3. The van der Waals surface area contributed by atoms with Crippen molar-refractivity contribution in [3.8, 4) is 0 Å². The molecule has 1 atom stereocenters. The lowest BCUT2D eigenvalue weighted by atomic mass is 10.1. The molecule has 18 heavy (non-hydrogen) atoms. The average molecular weight is 338 g/mol. The van der Waals surface area contributed by atoms with Crippen molar-refractivity contribution < 1.29 is 13.0 Å². The highest BCUT2D eigenvalue weighted by molar-refractivity contribution is 9.10. The quantitative estimate of drug-likeness (QED) is 0.771. The summed E-state index contributed by atoms with van der Waals surface area (Å²) in [5, 5.41) is 0. The lowest BCUT2D eigenvalue weighted by molar-refractivity contribution is 0.575. The van der Waals surface area contributed by atoms with Crippen LogP contribution in [0.4, 0.5) is 8.78 Å². The number of rotatable bonds is 3. The van der Waals surface area contributed by atoms with Crippen LogP contribution in [-0.2, 0) is 11.0 Å². The summed E-state index contributed by atoms with van der Waals surface area (Å²) in [4.78, 5) is 0. The first-order valence-corrected chi connectivity index (χ1v) is 7.17. The second-order valence-electron chi connectivity index (χ2n) is 4.63. The van der Waals surface area contributed by atoms with Crippen LogP contribution < -0.4 is 0 Å². The van der Waals surface area contributed by atoms with Gasteiger partial charge in [-0.05, 0) is 48.8 Å². The predicted molar refractivity (Wildman–Crippen MR) is 74.5 cm³/mol. The third-order valence-electron chi connectivity index (χ3n) is 2.11. The fourth-order valence-electron chi connectivity index (χ4n) is 1.11. The van der Waals surface area contributed by atoms with Gasteiger partial charge in [-0.1, -0.05) is 6.07 Å². The maximum atomic E-state index is 13.8. The van der Waals surface area contributed by atoms with Crippen LogP contribution in [0.2, 0.25) is 0 Å². The Morgan fingerprint density at radius 1 is 1.44 bits per heavy atom. The smallest absolute Gasteiger partial charge is 0.146 e. The molecule has 0 heterocycles. The zero-order valence-electron chi connectivity index (χ0n) is 10.3. The average Bonchev–Trinajstić information content (AvgIpc) is 2.28. The molecule has 0 amide bonds. The van der Waals surface area contributed by atoms with Gasteiger partial charge in [-0.2, -0.15) is 4.40 Å². The molecule has 0 aliphatic heterocycles. The summed E-state index contributed by atoms with van der Waals surface area (Å²) in [5.74, 6) is -0.597. The zero-order valence-corrected chi connectivity index (χ0v) is 12.7. The summed E-state index contributed by atoms with van der Waals surface area (Å²) >= 11 is 3.02. The van der Waals surface area contributed by atoms with Gasteiger partial charge in [0.15, 0.2) is 0 Å². The van der Waals surface area contributed by atoms with Gasteiger partial charge in [-0.3, -0.25) is 0 Å². The number of alkyl halides is 1. The van der Waals surface area contributed by atoms with Crippen LogP contribution in [0.5, 0.6) is 0 Å². The van der Waals surface area contributed by atoms with E-state index < -0.39 is 28.2 Å². The van der Waals surface area contributed by atoms with E-state index in [0.717, 1.165) is 0 Å². The van der Waals surface area contributed by atoms with Crippen molar-refractivity contribution in [3.05, 3.63) is 34.1 Å². The van der Waals surface area contributed by atoms with Crippen LogP contribution in [0.15, 0.2) is 27.1 Å². The van der Waals surface area contributed by atoms with Gasteiger partial charge in [0.2, 0.25) is 0 Å². The number of hydrogen-bond acceptors (Lipinski definition) is 1. The van der Waals surface area contributed by atoms with E-state index in [0.29, 0.717) is 0 Å². The molecule has 0 saturated heterocycles. The highest BCUT2D eigenvalue weighted by Gasteiger charge is 2.21. The number of nitrogens with zero attached hydrogens (tertiary/aromatic N) is 1. The first kappa shape index (κ1) is 15.4. The maximum absolute atomic E-state index is 13.8. The van der Waals surface area contributed by atoms with Gasteiger partial charge in [0, 0.05) is 5.56 Å². The normalized spacial score (nSPS) is 14.7. The van der Waals surface area contributed by atoms with Crippen LogP contribution in [0.25, 0.3) is 0 Å². The van der Waals surface area contributed by atoms with Gasteiger partial charge in [0.1, 0.15) is 23.5 Å². The lowest BCUT2D eigenvalue weighted by Gasteiger charge is -2.14. The summed E-state index contributed by atoms with van der Waals surface area (Å²) < 4.78 is 42.0. The number of hydrogen-bond donors (Lipinski definition) is 0.